The number of halogens is 1. The van der Waals surface area contributed by atoms with Gasteiger partial charge in [-0.25, -0.2) is 14.2 Å². The van der Waals surface area contributed by atoms with Crippen LogP contribution in [0.15, 0.2) is 36.5 Å². The van der Waals surface area contributed by atoms with Crippen molar-refractivity contribution in [3.63, 3.8) is 0 Å². The molecule has 7 nitrogen and oxygen atoms in total. The Labute approximate surface area is 187 Å². The van der Waals surface area contributed by atoms with Crippen LogP contribution >= 0.6 is 0 Å². The number of methoxy groups -OCH3 is 1. The Bertz CT molecular complexity index is 979. The third kappa shape index (κ3) is 4.69. The number of hydrogen-bond donors (Lipinski definition) is 2. The minimum Gasteiger partial charge on any atom is -0.503 e. The van der Waals surface area contributed by atoms with E-state index in [0.29, 0.717) is 12.3 Å². The number of hydrogen-bond acceptors (Lipinski definition) is 6. The smallest absolute Gasteiger partial charge is 0.328 e. The van der Waals surface area contributed by atoms with E-state index in [2.05, 4.69) is 24.1 Å². The largest absolute Gasteiger partial charge is 0.503 e. The first-order chi connectivity index (χ1) is 15.2. The van der Waals surface area contributed by atoms with E-state index in [4.69, 9.17) is 9.47 Å². The lowest BCUT2D eigenvalue weighted by molar-refractivity contribution is -0.163. The zero-order valence-electron chi connectivity index (χ0n) is 18.7. The lowest BCUT2D eigenvalue weighted by Crippen LogP contribution is -2.53. The first kappa shape index (κ1) is 23.5. The second kappa shape index (κ2) is 9.54. The van der Waals surface area contributed by atoms with E-state index in [1.165, 1.54) is 38.4 Å². The Hall–Kier alpha value is -3.16. The van der Waals surface area contributed by atoms with E-state index in [-0.39, 0.29) is 28.8 Å². The van der Waals surface area contributed by atoms with Crippen LogP contribution in [0.25, 0.3) is 0 Å². The second-order valence-corrected chi connectivity index (χ2v) is 8.63. The molecule has 0 saturated heterocycles. The van der Waals surface area contributed by atoms with Crippen LogP contribution in [0, 0.1) is 11.7 Å². The Balaban J connectivity index is 1.71. The van der Waals surface area contributed by atoms with Gasteiger partial charge in [-0.2, -0.15) is 0 Å². The summed E-state index contributed by atoms with van der Waals surface area (Å²) in [5.41, 5.74) is 0.320. The molecule has 1 aliphatic carbocycles. The van der Waals surface area contributed by atoms with Gasteiger partial charge in [0.15, 0.2) is 17.2 Å². The summed E-state index contributed by atoms with van der Waals surface area (Å²) in [6.45, 7) is 5.70. The van der Waals surface area contributed by atoms with Crippen molar-refractivity contribution >= 4 is 11.9 Å². The van der Waals surface area contributed by atoms with Gasteiger partial charge >= 0.3 is 5.97 Å². The molecule has 2 unspecified atom stereocenters. The van der Waals surface area contributed by atoms with Crippen molar-refractivity contribution in [2.75, 3.05) is 7.11 Å². The molecule has 3 rings (SSSR count). The molecule has 1 heterocycles. The molecule has 0 bridgehead atoms. The molecule has 8 heteroatoms. The minimum atomic E-state index is -0.958. The van der Waals surface area contributed by atoms with Gasteiger partial charge in [-0.1, -0.05) is 26.0 Å². The number of nitrogens with one attached hydrogen (secondary N) is 1. The van der Waals surface area contributed by atoms with Crippen LogP contribution < -0.4 is 10.1 Å². The SMILES string of the molecule is COc1ccnc(C(=O)N[C@@H](C)C(=O)OC2CCC2(CC(C)C)c2ccc(F)cc2)c1O. The summed E-state index contributed by atoms with van der Waals surface area (Å²) in [6, 6.07) is 6.81. The molecule has 2 N–H and O–H groups in total. The lowest BCUT2D eigenvalue weighted by atomic mass is 9.58. The van der Waals surface area contributed by atoms with Crippen LogP contribution in [-0.2, 0) is 14.9 Å². The van der Waals surface area contributed by atoms with Gasteiger partial charge in [-0.3, -0.25) is 4.79 Å². The van der Waals surface area contributed by atoms with E-state index >= 15 is 0 Å². The molecule has 3 atom stereocenters. The van der Waals surface area contributed by atoms with Crippen molar-refractivity contribution in [2.45, 2.75) is 57.6 Å². The summed E-state index contributed by atoms with van der Waals surface area (Å²) in [7, 11) is 1.36. The summed E-state index contributed by atoms with van der Waals surface area (Å²) in [5, 5.41) is 12.6. The average Bonchev–Trinajstić information content (AvgIpc) is 2.75. The fourth-order valence-electron chi connectivity index (χ4n) is 4.31. The van der Waals surface area contributed by atoms with E-state index in [0.717, 1.165) is 18.4 Å². The number of carbonyl (C=O) groups excluding carboxylic acids is 2. The molecule has 1 saturated carbocycles. The molecule has 1 amide bonds. The summed E-state index contributed by atoms with van der Waals surface area (Å²) < 4.78 is 24.2. The Morgan fingerprint density at radius 3 is 2.50 bits per heavy atom. The van der Waals surface area contributed by atoms with Crippen molar-refractivity contribution in [3.8, 4) is 11.5 Å². The van der Waals surface area contributed by atoms with Crippen LogP contribution in [0.5, 0.6) is 11.5 Å². The predicted molar refractivity (Wildman–Crippen MR) is 116 cm³/mol. The number of nitrogens with zero attached hydrogens (tertiary/aromatic N) is 1. The zero-order chi connectivity index (χ0) is 23.5. The molecule has 32 heavy (non-hydrogen) atoms. The molecule has 172 valence electrons. The lowest BCUT2D eigenvalue weighted by Gasteiger charge is -2.50. The number of benzene rings is 1. The quantitative estimate of drug-likeness (QED) is 0.602. The molecule has 1 aliphatic rings. The van der Waals surface area contributed by atoms with Crippen molar-refractivity contribution in [1.29, 1.82) is 0 Å². The maximum Gasteiger partial charge on any atom is 0.328 e. The highest BCUT2D eigenvalue weighted by Crippen LogP contribution is 2.50. The summed E-state index contributed by atoms with van der Waals surface area (Å²) in [4.78, 5) is 29.2. The van der Waals surface area contributed by atoms with Crippen LogP contribution in [0.1, 0.15) is 56.1 Å². The average molecular weight is 445 g/mol. The molecule has 1 aromatic carbocycles. The van der Waals surface area contributed by atoms with Crippen molar-refractivity contribution in [3.05, 3.63) is 53.6 Å². The predicted octanol–water partition coefficient (Wildman–Crippen LogP) is 3.74. The standard InChI is InChI=1S/C24H29FN2O5/c1-14(2)13-24(16-5-7-17(25)8-6-16)11-9-19(24)32-23(30)15(3)27-22(29)20-21(28)18(31-4)10-12-26-20/h5-8,10,12,14-15,19,28H,9,11,13H2,1-4H3,(H,27,29)/t15-,19?,24?/m0/s1. The molecule has 0 radical (unpaired) electrons. The molecule has 0 spiro atoms. The maximum atomic E-state index is 13.5. The highest BCUT2D eigenvalue weighted by Gasteiger charge is 2.51. The van der Waals surface area contributed by atoms with Crippen LogP contribution in [-0.4, -0.2) is 41.2 Å². The first-order valence-corrected chi connectivity index (χ1v) is 10.7. The monoisotopic (exact) mass is 444 g/mol. The Morgan fingerprint density at radius 1 is 1.25 bits per heavy atom. The number of amides is 1. The van der Waals surface area contributed by atoms with Gasteiger partial charge in [0.05, 0.1) is 7.11 Å². The van der Waals surface area contributed by atoms with Gasteiger partial charge in [0.25, 0.3) is 5.91 Å². The van der Waals surface area contributed by atoms with Crippen molar-refractivity contribution in [2.24, 2.45) is 5.92 Å². The second-order valence-electron chi connectivity index (χ2n) is 8.63. The van der Waals surface area contributed by atoms with E-state index in [1.807, 2.05) is 0 Å². The van der Waals surface area contributed by atoms with Crippen molar-refractivity contribution in [1.82, 2.24) is 10.3 Å². The third-order valence-electron chi connectivity index (χ3n) is 5.94. The van der Waals surface area contributed by atoms with Gasteiger partial charge in [-0.05, 0) is 49.8 Å². The Kier molecular flexibility index (Phi) is 7.01. The van der Waals surface area contributed by atoms with Crippen LogP contribution in [0.2, 0.25) is 0 Å². The van der Waals surface area contributed by atoms with Gasteiger partial charge < -0.3 is 19.9 Å². The Morgan fingerprint density at radius 2 is 1.94 bits per heavy atom. The fourth-order valence-corrected chi connectivity index (χ4v) is 4.31. The van der Waals surface area contributed by atoms with Gasteiger partial charge in [0.2, 0.25) is 0 Å². The maximum absolute atomic E-state index is 13.5. The van der Waals surface area contributed by atoms with Gasteiger partial charge in [-0.15, -0.1) is 0 Å². The number of rotatable bonds is 8. The summed E-state index contributed by atoms with van der Waals surface area (Å²) >= 11 is 0. The summed E-state index contributed by atoms with van der Waals surface area (Å²) in [5.74, 6) is -1.56. The number of aromatic hydroxyl groups is 1. The van der Waals surface area contributed by atoms with Crippen LogP contribution in [0.4, 0.5) is 4.39 Å². The zero-order valence-corrected chi connectivity index (χ0v) is 18.7. The normalized spacial score (nSPS) is 20.9. The third-order valence-corrected chi connectivity index (χ3v) is 5.94. The number of pyridine rings is 1. The molecular formula is C24H29FN2O5. The number of esters is 1. The molecular weight excluding hydrogens is 415 g/mol. The number of carbonyl (C=O) groups is 2. The van der Waals surface area contributed by atoms with Crippen molar-refractivity contribution < 1.29 is 28.6 Å². The molecule has 0 aliphatic heterocycles. The van der Waals surface area contributed by atoms with E-state index in [1.54, 1.807) is 12.1 Å². The molecule has 2 aromatic rings. The minimum absolute atomic E-state index is 0.104. The highest BCUT2D eigenvalue weighted by molar-refractivity contribution is 5.97. The highest BCUT2D eigenvalue weighted by atomic mass is 19.1. The fraction of sp³-hybridized carbons (Fsp3) is 0.458. The van der Waals surface area contributed by atoms with Gasteiger partial charge in [0.1, 0.15) is 18.0 Å². The molecule has 1 fully saturated rings. The number of aromatic nitrogens is 1. The van der Waals surface area contributed by atoms with Gasteiger partial charge in [0, 0.05) is 17.7 Å². The number of ether oxygens (including phenoxy) is 2. The molecule has 1 aromatic heterocycles. The first-order valence-electron chi connectivity index (χ1n) is 10.7. The van der Waals surface area contributed by atoms with Crippen LogP contribution in [0.3, 0.4) is 0 Å². The topological polar surface area (TPSA) is 97.8 Å². The van der Waals surface area contributed by atoms with E-state index < -0.39 is 23.7 Å². The van der Waals surface area contributed by atoms with E-state index in [9.17, 15) is 19.1 Å². The summed E-state index contributed by atoms with van der Waals surface area (Å²) in [6.07, 6.45) is 3.27.